The zero-order valence-electron chi connectivity index (χ0n) is 12.5. The van der Waals surface area contributed by atoms with E-state index in [9.17, 15) is 25.0 Å². The first-order chi connectivity index (χ1) is 11.9. The van der Waals surface area contributed by atoms with Gasteiger partial charge in [-0.2, -0.15) is 0 Å². The molecule has 0 spiro atoms. The quantitative estimate of drug-likeness (QED) is 0.309. The molecule has 126 valence electrons. The molecule has 0 saturated carbocycles. The van der Waals surface area contributed by atoms with Crippen LogP contribution >= 0.6 is 11.8 Å². The second kappa shape index (κ2) is 6.69. The summed E-state index contributed by atoms with van der Waals surface area (Å²) < 4.78 is 0. The van der Waals surface area contributed by atoms with E-state index in [-0.39, 0.29) is 28.5 Å². The fraction of sp³-hybridized carbons (Fsp3) is 0.0667. The molecule has 3 rings (SSSR count). The Bertz CT molecular complexity index is 1000. The molecule has 2 aromatic carbocycles. The average Bonchev–Trinajstić information content (AvgIpc) is 3.01. The molecule has 0 amide bonds. The van der Waals surface area contributed by atoms with E-state index in [1.54, 1.807) is 0 Å². The largest absolute Gasteiger partial charge is 0.333 e. The Balaban J connectivity index is 1.73. The van der Waals surface area contributed by atoms with Gasteiger partial charge in [0.25, 0.3) is 11.4 Å². The molecule has 0 radical (unpaired) electrons. The van der Waals surface area contributed by atoms with Crippen LogP contribution in [0.1, 0.15) is 10.4 Å². The number of ketones is 1. The number of aromatic nitrogens is 2. The number of nitrogens with one attached hydrogen (secondary N) is 1. The smallest absolute Gasteiger partial charge is 0.271 e. The number of carbonyl (C=O) groups is 1. The molecule has 0 fully saturated rings. The summed E-state index contributed by atoms with van der Waals surface area (Å²) in [7, 11) is 0. The summed E-state index contributed by atoms with van der Waals surface area (Å²) in [4.78, 5) is 39.8. The predicted octanol–water partition coefficient (Wildman–Crippen LogP) is 3.35. The van der Waals surface area contributed by atoms with Crippen LogP contribution < -0.4 is 0 Å². The number of hydrogen-bond donors (Lipinski definition) is 1. The van der Waals surface area contributed by atoms with Gasteiger partial charge in [0.15, 0.2) is 10.9 Å². The highest BCUT2D eigenvalue weighted by molar-refractivity contribution is 7.99. The second-order valence-corrected chi connectivity index (χ2v) is 5.98. The number of aromatic amines is 1. The number of imidazole rings is 1. The molecule has 1 heterocycles. The summed E-state index contributed by atoms with van der Waals surface area (Å²) in [5.74, 6) is -0.247. The third-order valence-corrected chi connectivity index (χ3v) is 4.25. The Labute approximate surface area is 144 Å². The molecule has 0 bridgehead atoms. The summed E-state index contributed by atoms with van der Waals surface area (Å²) >= 11 is 1.12. The van der Waals surface area contributed by atoms with Crippen molar-refractivity contribution in [2.45, 2.75) is 5.16 Å². The molecule has 0 aliphatic rings. The van der Waals surface area contributed by atoms with Crippen molar-refractivity contribution in [2.75, 3.05) is 5.75 Å². The molecule has 10 heteroatoms. The maximum atomic E-state index is 12.2. The van der Waals surface area contributed by atoms with E-state index < -0.39 is 9.85 Å². The first kappa shape index (κ1) is 16.6. The number of rotatable bonds is 6. The Morgan fingerprint density at radius 1 is 1.08 bits per heavy atom. The second-order valence-electron chi connectivity index (χ2n) is 5.02. The van der Waals surface area contributed by atoms with Gasteiger partial charge in [0.2, 0.25) is 0 Å². The Hall–Kier alpha value is -3.27. The molecular weight excluding hydrogens is 348 g/mol. The van der Waals surface area contributed by atoms with E-state index in [1.807, 2.05) is 0 Å². The SMILES string of the molecule is O=C(CSc1nc2ccc([N+](=O)[O-])cc2[nH]1)c1cccc([N+](=O)[O-])c1. The van der Waals surface area contributed by atoms with Crippen molar-refractivity contribution in [3.8, 4) is 0 Å². The Morgan fingerprint density at radius 3 is 2.52 bits per heavy atom. The lowest BCUT2D eigenvalue weighted by Gasteiger charge is -1.99. The molecular formula is C15H10N4O5S. The van der Waals surface area contributed by atoms with Crippen molar-refractivity contribution in [1.29, 1.82) is 0 Å². The van der Waals surface area contributed by atoms with Gasteiger partial charge in [-0.3, -0.25) is 25.0 Å². The van der Waals surface area contributed by atoms with Gasteiger partial charge in [-0.15, -0.1) is 0 Å². The molecule has 1 aromatic heterocycles. The highest BCUT2D eigenvalue weighted by Gasteiger charge is 2.14. The number of benzene rings is 2. The number of nitro benzene ring substituents is 2. The van der Waals surface area contributed by atoms with Gasteiger partial charge < -0.3 is 4.98 Å². The van der Waals surface area contributed by atoms with E-state index in [0.29, 0.717) is 16.2 Å². The molecule has 0 aliphatic carbocycles. The number of Topliss-reactive ketones (excluding diaryl/α,β-unsaturated/α-hetero) is 1. The third-order valence-electron chi connectivity index (χ3n) is 3.37. The van der Waals surface area contributed by atoms with Gasteiger partial charge in [-0.05, 0) is 6.07 Å². The van der Waals surface area contributed by atoms with E-state index in [4.69, 9.17) is 0 Å². The lowest BCUT2D eigenvalue weighted by molar-refractivity contribution is -0.385. The van der Waals surface area contributed by atoms with Crippen LogP contribution in [0.2, 0.25) is 0 Å². The maximum Gasteiger partial charge on any atom is 0.271 e. The number of non-ortho nitro benzene ring substituents is 2. The van der Waals surface area contributed by atoms with E-state index in [1.165, 1.54) is 42.5 Å². The van der Waals surface area contributed by atoms with Crippen LogP contribution in [0.5, 0.6) is 0 Å². The van der Waals surface area contributed by atoms with Crippen molar-refractivity contribution in [3.63, 3.8) is 0 Å². The minimum atomic E-state index is -0.559. The van der Waals surface area contributed by atoms with E-state index >= 15 is 0 Å². The number of fused-ring (bicyclic) bond motifs is 1. The average molecular weight is 358 g/mol. The van der Waals surface area contributed by atoms with Gasteiger partial charge in [0, 0.05) is 29.8 Å². The molecule has 1 N–H and O–H groups in total. The van der Waals surface area contributed by atoms with Crippen LogP contribution in [0.3, 0.4) is 0 Å². The molecule has 25 heavy (non-hydrogen) atoms. The molecule has 0 saturated heterocycles. The third kappa shape index (κ3) is 3.63. The topological polar surface area (TPSA) is 132 Å². The van der Waals surface area contributed by atoms with Crippen LogP contribution in [-0.2, 0) is 0 Å². The maximum absolute atomic E-state index is 12.2. The first-order valence-electron chi connectivity index (χ1n) is 6.98. The number of hydrogen-bond acceptors (Lipinski definition) is 7. The van der Waals surface area contributed by atoms with Crippen LogP contribution in [-0.4, -0.2) is 31.4 Å². The van der Waals surface area contributed by atoms with Crippen molar-refractivity contribution in [3.05, 3.63) is 68.3 Å². The highest BCUT2D eigenvalue weighted by Crippen LogP contribution is 2.24. The first-order valence-corrected chi connectivity index (χ1v) is 7.97. The van der Waals surface area contributed by atoms with Gasteiger partial charge in [0.1, 0.15) is 0 Å². The summed E-state index contributed by atoms with van der Waals surface area (Å²) in [6.07, 6.45) is 0. The van der Waals surface area contributed by atoms with Crippen LogP contribution in [0.15, 0.2) is 47.6 Å². The minimum Gasteiger partial charge on any atom is -0.333 e. The summed E-state index contributed by atoms with van der Waals surface area (Å²) in [5, 5.41) is 22.0. The van der Waals surface area contributed by atoms with E-state index in [2.05, 4.69) is 9.97 Å². The van der Waals surface area contributed by atoms with Crippen LogP contribution in [0.4, 0.5) is 11.4 Å². The zero-order chi connectivity index (χ0) is 18.0. The van der Waals surface area contributed by atoms with Gasteiger partial charge in [-0.25, -0.2) is 4.98 Å². The number of nitrogens with zero attached hydrogens (tertiary/aromatic N) is 3. The number of H-pyrrole nitrogens is 1. The molecule has 9 nitrogen and oxygen atoms in total. The summed E-state index contributed by atoms with van der Waals surface area (Å²) in [6.45, 7) is 0. The van der Waals surface area contributed by atoms with Gasteiger partial charge >= 0.3 is 0 Å². The lowest BCUT2D eigenvalue weighted by atomic mass is 10.1. The molecule has 3 aromatic rings. The molecule has 0 aliphatic heterocycles. The highest BCUT2D eigenvalue weighted by atomic mass is 32.2. The van der Waals surface area contributed by atoms with E-state index in [0.717, 1.165) is 11.8 Å². The van der Waals surface area contributed by atoms with Crippen LogP contribution in [0, 0.1) is 20.2 Å². The predicted molar refractivity (Wildman–Crippen MR) is 90.9 cm³/mol. The van der Waals surface area contributed by atoms with Crippen molar-refractivity contribution < 1.29 is 14.6 Å². The normalized spacial score (nSPS) is 10.7. The fourth-order valence-corrected chi connectivity index (χ4v) is 2.95. The van der Waals surface area contributed by atoms with Gasteiger partial charge in [0.05, 0.1) is 26.6 Å². The fourth-order valence-electron chi connectivity index (χ4n) is 2.17. The van der Waals surface area contributed by atoms with Crippen LogP contribution in [0.25, 0.3) is 11.0 Å². The Morgan fingerprint density at radius 2 is 1.80 bits per heavy atom. The molecule has 0 unspecified atom stereocenters. The standard InChI is InChI=1S/C15H10N4O5S/c20-14(9-2-1-3-10(6-9)18(21)22)8-25-15-16-12-5-4-11(19(23)24)7-13(12)17-15/h1-7H,8H2,(H,16,17). The Kier molecular flexibility index (Phi) is 4.44. The lowest BCUT2D eigenvalue weighted by Crippen LogP contribution is -2.03. The number of thioether (sulfide) groups is 1. The van der Waals surface area contributed by atoms with Crippen molar-refractivity contribution in [1.82, 2.24) is 9.97 Å². The zero-order valence-corrected chi connectivity index (χ0v) is 13.4. The number of carbonyl (C=O) groups excluding carboxylic acids is 1. The molecule has 0 atom stereocenters. The van der Waals surface area contributed by atoms with Crippen molar-refractivity contribution in [2.24, 2.45) is 0 Å². The number of nitro groups is 2. The summed E-state index contributed by atoms with van der Waals surface area (Å²) in [6, 6.07) is 9.76. The minimum absolute atomic E-state index is 0.0308. The summed E-state index contributed by atoms with van der Waals surface area (Å²) in [5.41, 5.74) is 1.09. The monoisotopic (exact) mass is 358 g/mol. The van der Waals surface area contributed by atoms with Gasteiger partial charge in [-0.1, -0.05) is 23.9 Å². The van der Waals surface area contributed by atoms with Crippen molar-refractivity contribution >= 4 is 40.0 Å².